The molecule has 1 amide bonds. The standard InChI is InChI=1S/C13H19N3O2/c1-9-7-11(10(2)15-14-9)12(17)16-6-4-5-13(3,18)8-16/h7,18H,4-6,8H2,1-3H3. The second-order valence-corrected chi connectivity index (χ2v) is 5.31. The zero-order chi connectivity index (χ0) is 13.3. The lowest BCUT2D eigenvalue weighted by atomic mass is 9.94. The van der Waals surface area contributed by atoms with Crippen LogP contribution >= 0.6 is 0 Å². The van der Waals surface area contributed by atoms with Crippen molar-refractivity contribution in [2.24, 2.45) is 0 Å². The quantitative estimate of drug-likeness (QED) is 0.808. The molecule has 18 heavy (non-hydrogen) atoms. The molecule has 1 aliphatic rings. The molecule has 1 fully saturated rings. The van der Waals surface area contributed by atoms with Crippen LogP contribution in [0.25, 0.3) is 0 Å². The molecule has 1 atom stereocenters. The number of β-amino-alcohol motifs (C(OH)–C–C–N with tert-alkyl or cyclic N) is 1. The van der Waals surface area contributed by atoms with Gasteiger partial charge >= 0.3 is 0 Å². The first-order valence-electron chi connectivity index (χ1n) is 6.22. The molecule has 0 aromatic carbocycles. The molecule has 1 unspecified atom stereocenters. The summed E-state index contributed by atoms with van der Waals surface area (Å²) < 4.78 is 0. The summed E-state index contributed by atoms with van der Waals surface area (Å²) in [4.78, 5) is 14.1. The van der Waals surface area contributed by atoms with Crippen molar-refractivity contribution >= 4 is 5.91 Å². The summed E-state index contributed by atoms with van der Waals surface area (Å²) in [6.07, 6.45) is 1.57. The number of aryl methyl sites for hydroxylation is 2. The van der Waals surface area contributed by atoms with E-state index in [4.69, 9.17) is 0 Å². The number of rotatable bonds is 1. The number of hydrogen-bond donors (Lipinski definition) is 1. The Morgan fingerprint density at radius 1 is 1.44 bits per heavy atom. The van der Waals surface area contributed by atoms with Gasteiger partial charge in [0, 0.05) is 13.1 Å². The number of amides is 1. The zero-order valence-electron chi connectivity index (χ0n) is 11.1. The van der Waals surface area contributed by atoms with E-state index < -0.39 is 5.60 Å². The average Bonchev–Trinajstić information content (AvgIpc) is 2.30. The summed E-state index contributed by atoms with van der Waals surface area (Å²) >= 11 is 0. The molecule has 2 heterocycles. The van der Waals surface area contributed by atoms with Gasteiger partial charge in [0.2, 0.25) is 0 Å². The van der Waals surface area contributed by atoms with E-state index in [2.05, 4.69) is 10.2 Å². The maximum atomic E-state index is 12.4. The fourth-order valence-electron chi connectivity index (χ4n) is 2.33. The summed E-state index contributed by atoms with van der Waals surface area (Å²) in [7, 11) is 0. The van der Waals surface area contributed by atoms with Crippen LogP contribution in [0.1, 0.15) is 41.5 Å². The smallest absolute Gasteiger partial charge is 0.255 e. The number of hydrogen-bond acceptors (Lipinski definition) is 4. The number of aromatic nitrogens is 2. The zero-order valence-corrected chi connectivity index (χ0v) is 11.1. The molecule has 0 saturated carbocycles. The molecule has 98 valence electrons. The molecule has 2 rings (SSSR count). The van der Waals surface area contributed by atoms with Crippen LogP contribution in [0, 0.1) is 13.8 Å². The predicted octanol–water partition coefficient (Wildman–Crippen LogP) is 1.08. The van der Waals surface area contributed by atoms with Gasteiger partial charge in [-0.3, -0.25) is 4.79 Å². The molecule has 0 aliphatic carbocycles. The number of nitrogens with zero attached hydrogens (tertiary/aromatic N) is 3. The second-order valence-electron chi connectivity index (χ2n) is 5.31. The Morgan fingerprint density at radius 2 is 2.17 bits per heavy atom. The van der Waals surface area contributed by atoms with E-state index in [-0.39, 0.29) is 5.91 Å². The lowest BCUT2D eigenvalue weighted by Crippen LogP contribution is -2.48. The summed E-state index contributed by atoms with van der Waals surface area (Å²) in [6.45, 7) is 6.44. The number of likely N-dealkylation sites (tertiary alicyclic amines) is 1. The maximum absolute atomic E-state index is 12.4. The van der Waals surface area contributed by atoms with Gasteiger partial charge in [-0.15, -0.1) is 0 Å². The van der Waals surface area contributed by atoms with Gasteiger partial charge in [-0.05, 0) is 39.7 Å². The Hall–Kier alpha value is -1.49. The Bertz CT molecular complexity index is 471. The van der Waals surface area contributed by atoms with Crippen LogP contribution in [0.5, 0.6) is 0 Å². The van der Waals surface area contributed by atoms with Crippen molar-refractivity contribution in [1.29, 1.82) is 0 Å². The van der Waals surface area contributed by atoms with E-state index in [1.807, 2.05) is 6.92 Å². The third-order valence-electron chi connectivity index (χ3n) is 3.29. The minimum absolute atomic E-state index is 0.0644. The molecule has 1 aromatic rings. The molecule has 1 aromatic heterocycles. The predicted molar refractivity (Wildman–Crippen MR) is 67.3 cm³/mol. The molecule has 0 spiro atoms. The van der Waals surface area contributed by atoms with E-state index >= 15 is 0 Å². The second kappa shape index (κ2) is 4.65. The third kappa shape index (κ3) is 2.67. The first-order valence-corrected chi connectivity index (χ1v) is 6.22. The van der Waals surface area contributed by atoms with Crippen LogP contribution in [-0.4, -0.2) is 44.8 Å². The van der Waals surface area contributed by atoms with Crippen molar-refractivity contribution in [2.45, 2.75) is 39.2 Å². The Morgan fingerprint density at radius 3 is 2.83 bits per heavy atom. The van der Waals surface area contributed by atoms with Gasteiger partial charge in [0.05, 0.1) is 22.6 Å². The van der Waals surface area contributed by atoms with Crippen molar-refractivity contribution in [3.8, 4) is 0 Å². The number of carbonyl (C=O) groups is 1. The van der Waals surface area contributed by atoms with Crippen molar-refractivity contribution in [3.05, 3.63) is 23.0 Å². The molecule has 1 aliphatic heterocycles. The monoisotopic (exact) mass is 249 g/mol. The van der Waals surface area contributed by atoms with Crippen molar-refractivity contribution < 1.29 is 9.90 Å². The number of carbonyl (C=O) groups excluding carboxylic acids is 1. The Balaban J connectivity index is 2.23. The van der Waals surface area contributed by atoms with Gasteiger partial charge in [0.15, 0.2) is 0 Å². The fraction of sp³-hybridized carbons (Fsp3) is 0.615. The van der Waals surface area contributed by atoms with Crippen molar-refractivity contribution in [2.75, 3.05) is 13.1 Å². The first-order chi connectivity index (χ1) is 8.39. The lowest BCUT2D eigenvalue weighted by Gasteiger charge is -2.37. The highest BCUT2D eigenvalue weighted by molar-refractivity contribution is 5.95. The normalized spacial score (nSPS) is 24.1. The topological polar surface area (TPSA) is 66.3 Å². The Labute approximate surface area is 107 Å². The largest absolute Gasteiger partial charge is 0.388 e. The number of piperidine rings is 1. The Kier molecular flexibility index (Phi) is 3.34. The van der Waals surface area contributed by atoms with Crippen molar-refractivity contribution in [1.82, 2.24) is 15.1 Å². The van der Waals surface area contributed by atoms with Gasteiger partial charge in [0.1, 0.15) is 0 Å². The summed E-state index contributed by atoms with van der Waals surface area (Å²) in [5.41, 5.74) is 1.17. The molecular weight excluding hydrogens is 230 g/mol. The summed E-state index contributed by atoms with van der Waals surface area (Å²) in [5.74, 6) is -0.0644. The average molecular weight is 249 g/mol. The first kappa shape index (κ1) is 13.0. The molecule has 1 N–H and O–H groups in total. The third-order valence-corrected chi connectivity index (χ3v) is 3.29. The van der Waals surface area contributed by atoms with E-state index in [0.717, 1.165) is 18.5 Å². The highest BCUT2D eigenvalue weighted by Crippen LogP contribution is 2.22. The van der Waals surface area contributed by atoms with E-state index in [1.54, 1.807) is 24.8 Å². The van der Waals surface area contributed by atoms with Crippen LogP contribution in [0.2, 0.25) is 0 Å². The van der Waals surface area contributed by atoms with Gasteiger partial charge in [-0.25, -0.2) is 0 Å². The van der Waals surface area contributed by atoms with Crippen LogP contribution in [-0.2, 0) is 0 Å². The van der Waals surface area contributed by atoms with Gasteiger partial charge < -0.3 is 10.0 Å². The van der Waals surface area contributed by atoms with Gasteiger partial charge in [-0.1, -0.05) is 0 Å². The van der Waals surface area contributed by atoms with Gasteiger partial charge in [0.25, 0.3) is 5.91 Å². The molecule has 5 heteroatoms. The van der Waals surface area contributed by atoms with Crippen LogP contribution in [0.3, 0.4) is 0 Å². The van der Waals surface area contributed by atoms with Crippen molar-refractivity contribution in [3.63, 3.8) is 0 Å². The van der Waals surface area contributed by atoms with E-state index in [0.29, 0.717) is 24.3 Å². The maximum Gasteiger partial charge on any atom is 0.255 e. The van der Waals surface area contributed by atoms with Crippen LogP contribution in [0.4, 0.5) is 0 Å². The fourth-order valence-corrected chi connectivity index (χ4v) is 2.33. The summed E-state index contributed by atoms with van der Waals surface area (Å²) in [6, 6.07) is 1.76. The van der Waals surface area contributed by atoms with E-state index in [9.17, 15) is 9.90 Å². The van der Waals surface area contributed by atoms with Crippen LogP contribution in [0.15, 0.2) is 6.07 Å². The van der Waals surface area contributed by atoms with Crippen LogP contribution < -0.4 is 0 Å². The highest BCUT2D eigenvalue weighted by atomic mass is 16.3. The van der Waals surface area contributed by atoms with E-state index in [1.165, 1.54) is 0 Å². The minimum Gasteiger partial charge on any atom is -0.388 e. The summed E-state index contributed by atoms with van der Waals surface area (Å²) in [5, 5.41) is 17.9. The minimum atomic E-state index is -0.780. The molecular formula is C13H19N3O2. The lowest BCUT2D eigenvalue weighted by molar-refractivity contribution is -0.0108. The molecule has 5 nitrogen and oxygen atoms in total. The SMILES string of the molecule is Cc1cc(C(=O)N2CCCC(C)(O)C2)c(C)nn1. The van der Waals surface area contributed by atoms with Gasteiger partial charge in [-0.2, -0.15) is 10.2 Å². The molecule has 1 saturated heterocycles. The number of aliphatic hydroxyl groups is 1. The highest BCUT2D eigenvalue weighted by Gasteiger charge is 2.31. The molecule has 0 bridgehead atoms. The molecule has 0 radical (unpaired) electrons.